The van der Waals surface area contributed by atoms with Gasteiger partial charge in [-0.15, -0.1) is 11.8 Å². The fourth-order valence-electron chi connectivity index (χ4n) is 2.88. The smallest absolute Gasteiger partial charge is 0.247 e. The number of hydrogen-bond donors (Lipinski definition) is 1. The van der Waals surface area contributed by atoms with Gasteiger partial charge in [-0.2, -0.15) is 0 Å². The van der Waals surface area contributed by atoms with Gasteiger partial charge in [0.25, 0.3) is 0 Å². The van der Waals surface area contributed by atoms with Crippen LogP contribution in [0, 0.1) is 0 Å². The Balaban J connectivity index is 1.58. The highest BCUT2D eigenvalue weighted by atomic mass is 32.2. The largest absolute Gasteiger partial charge is 0.486 e. The number of para-hydroxylation sites is 1. The van der Waals surface area contributed by atoms with E-state index < -0.39 is 5.25 Å². The van der Waals surface area contributed by atoms with E-state index in [4.69, 9.17) is 15.2 Å². The Bertz CT molecular complexity index is 855. The summed E-state index contributed by atoms with van der Waals surface area (Å²) < 4.78 is 11.0. The van der Waals surface area contributed by atoms with Gasteiger partial charge >= 0.3 is 0 Å². The predicted molar refractivity (Wildman–Crippen MR) is 95.0 cm³/mol. The Kier molecular flexibility index (Phi) is 4.01. The Morgan fingerprint density at radius 2 is 1.80 bits per heavy atom. The van der Waals surface area contributed by atoms with E-state index in [0.717, 1.165) is 4.90 Å². The minimum Gasteiger partial charge on any atom is -0.486 e. The minimum atomic E-state index is -0.481. The van der Waals surface area contributed by atoms with Crippen molar-refractivity contribution in [3.05, 3.63) is 42.5 Å². The second-order valence-electron chi connectivity index (χ2n) is 5.74. The molecule has 0 aromatic heterocycles. The molecule has 25 heavy (non-hydrogen) atoms. The Morgan fingerprint density at radius 3 is 2.60 bits per heavy atom. The number of nitrogen functional groups attached to an aromatic ring is 1. The summed E-state index contributed by atoms with van der Waals surface area (Å²) in [5.74, 6) is 0.702. The van der Waals surface area contributed by atoms with Crippen molar-refractivity contribution in [2.24, 2.45) is 0 Å². The molecule has 2 aromatic rings. The molecule has 0 aliphatic carbocycles. The number of carbonyl (C=O) groups excluding carboxylic acids is 2. The van der Waals surface area contributed by atoms with Gasteiger partial charge in [-0.3, -0.25) is 9.59 Å². The Morgan fingerprint density at radius 1 is 1.04 bits per heavy atom. The number of nitrogens with two attached hydrogens (primary N) is 1. The molecule has 2 aromatic carbocycles. The SMILES string of the molecule is Nc1ccccc1S[C@H]1CC(=O)N(c2ccc3c(c2)OCCO3)C1=O. The van der Waals surface area contributed by atoms with Crippen LogP contribution in [-0.4, -0.2) is 30.3 Å². The number of ether oxygens (including phenoxy) is 2. The van der Waals surface area contributed by atoms with Crippen LogP contribution >= 0.6 is 11.8 Å². The third-order valence-electron chi connectivity index (χ3n) is 4.08. The first-order valence-electron chi connectivity index (χ1n) is 7.91. The molecule has 6 nitrogen and oxygen atoms in total. The van der Waals surface area contributed by atoms with E-state index in [1.165, 1.54) is 16.7 Å². The second-order valence-corrected chi connectivity index (χ2v) is 6.99. The number of anilines is 2. The molecule has 2 aliphatic heterocycles. The van der Waals surface area contributed by atoms with Crippen LogP contribution in [0.1, 0.15) is 6.42 Å². The second kappa shape index (κ2) is 6.33. The van der Waals surface area contributed by atoms with E-state index in [1.807, 2.05) is 18.2 Å². The molecule has 0 radical (unpaired) electrons. The van der Waals surface area contributed by atoms with E-state index in [9.17, 15) is 9.59 Å². The van der Waals surface area contributed by atoms with Crippen molar-refractivity contribution in [2.45, 2.75) is 16.6 Å². The lowest BCUT2D eigenvalue weighted by molar-refractivity contribution is -0.121. The first kappa shape index (κ1) is 15.8. The molecular weight excluding hydrogens is 340 g/mol. The predicted octanol–water partition coefficient (Wildman–Crippen LogP) is 2.46. The van der Waals surface area contributed by atoms with E-state index in [-0.39, 0.29) is 18.2 Å². The molecule has 2 N–H and O–H groups in total. The number of imide groups is 1. The molecule has 1 saturated heterocycles. The van der Waals surface area contributed by atoms with Crippen LogP contribution in [0.4, 0.5) is 11.4 Å². The first-order chi connectivity index (χ1) is 12.1. The van der Waals surface area contributed by atoms with Crippen LogP contribution in [0.5, 0.6) is 11.5 Å². The lowest BCUT2D eigenvalue weighted by Gasteiger charge is -2.21. The summed E-state index contributed by atoms with van der Waals surface area (Å²) in [7, 11) is 0. The highest BCUT2D eigenvalue weighted by molar-refractivity contribution is 8.00. The van der Waals surface area contributed by atoms with Gasteiger partial charge in [0.15, 0.2) is 11.5 Å². The van der Waals surface area contributed by atoms with Crippen LogP contribution in [0.15, 0.2) is 47.4 Å². The normalized spacial score (nSPS) is 19.4. The van der Waals surface area contributed by atoms with Gasteiger partial charge < -0.3 is 15.2 Å². The van der Waals surface area contributed by atoms with Gasteiger partial charge in [0, 0.05) is 23.1 Å². The molecule has 2 heterocycles. The summed E-state index contributed by atoms with van der Waals surface area (Å²) in [5.41, 5.74) is 7.05. The number of benzene rings is 2. The number of amides is 2. The molecule has 0 bridgehead atoms. The molecule has 2 amide bonds. The fourth-order valence-corrected chi connectivity index (χ4v) is 3.98. The van der Waals surface area contributed by atoms with Crippen molar-refractivity contribution in [1.82, 2.24) is 0 Å². The number of thioether (sulfide) groups is 1. The quantitative estimate of drug-likeness (QED) is 0.672. The third-order valence-corrected chi connectivity index (χ3v) is 5.36. The molecule has 2 aliphatic rings. The molecule has 1 fully saturated rings. The average molecular weight is 356 g/mol. The van der Waals surface area contributed by atoms with Crippen LogP contribution in [0.2, 0.25) is 0 Å². The maximum atomic E-state index is 12.8. The molecule has 4 rings (SSSR count). The van der Waals surface area contributed by atoms with Crippen molar-refractivity contribution >= 4 is 35.0 Å². The molecule has 1 atom stereocenters. The standard InChI is InChI=1S/C18H16N2O4S/c19-12-3-1-2-4-15(12)25-16-10-17(21)20(18(16)22)11-5-6-13-14(9-11)24-8-7-23-13/h1-6,9,16H,7-8,10,19H2/t16-/m0/s1. The topological polar surface area (TPSA) is 81.9 Å². The lowest BCUT2D eigenvalue weighted by Crippen LogP contribution is -2.31. The zero-order valence-corrected chi connectivity index (χ0v) is 14.1. The van der Waals surface area contributed by atoms with E-state index in [2.05, 4.69) is 0 Å². The van der Waals surface area contributed by atoms with Gasteiger partial charge in [-0.1, -0.05) is 12.1 Å². The Hall–Kier alpha value is -2.67. The fraction of sp³-hybridized carbons (Fsp3) is 0.222. The average Bonchev–Trinajstić information content (AvgIpc) is 2.90. The van der Waals surface area contributed by atoms with Gasteiger partial charge in [0.2, 0.25) is 11.8 Å². The zero-order chi connectivity index (χ0) is 17.4. The molecule has 7 heteroatoms. The summed E-state index contributed by atoms with van der Waals surface area (Å²) in [5, 5.41) is -0.481. The number of rotatable bonds is 3. The molecule has 0 unspecified atom stereocenters. The molecular formula is C18H16N2O4S. The van der Waals surface area contributed by atoms with Crippen LogP contribution in [0.3, 0.4) is 0 Å². The first-order valence-corrected chi connectivity index (χ1v) is 8.79. The maximum absolute atomic E-state index is 12.8. The van der Waals surface area contributed by atoms with Gasteiger partial charge in [-0.05, 0) is 24.3 Å². The number of hydrogen-bond acceptors (Lipinski definition) is 6. The summed E-state index contributed by atoms with van der Waals surface area (Å²) >= 11 is 1.32. The highest BCUT2D eigenvalue weighted by Crippen LogP contribution is 2.39. The summed E-state index contributed by atoms with van der Waals surface area (Å²) in [6.07, 6.45) is 0.145. The highest BCUT2D eigenvalue weighted by Gasteiger charge is 2.40. The minimum absolute atomic E-state index is 0.145. The van der Waals surface area contributed by atoms with Gasteiger partial charge in [-0.25, -0.2) is 4.90 Å². The molecule has 128 valence electrons. The summed E-state index contributed by atoms with van der Waals surface area (Å²) in [6.45, 7) is 0.940. The Labute approximate surface area is 148 Å². The van der Waals surface area contributed by atoms with E-state index >= 15 is 0 Å². The van der Waals surface area contributed by atoms with Crippen molar-refractivity contribution in [2.75, 3.05) is 23.8 Å². The number of carbonyl (C=O) groups is 2. The number of fused-ring (bicyclic) bond motifs is 1. The van der Waals surface area contributed by atoms with E-state index in [1.54, 1.807) is 24.3 Å². The molecule has 0 spiro atoms. The van der Waals surface area contributed by atoms with Crippen molar-refractivity contribution in [3.8, 4) is 11.5 Å². The van der Waals surface area contributed by atoms with Gasteiger partial charge in [0.1, 0.15) is 13.2 Å². The zero-order valence-electron chi connectivity index (χ0n) is 13.3. The number of nitrogens with zero attached hydrogens (tertiary/aromatic N) is 1. The monoisotopic (exact) mass is 356 g/mol. The van der Waals surface area contributed by atoms with Gasteiger partial charge in [0.05, 0.1) is 10.9 Å². The van der Waals surface area contributed by atoms with Crippen molar-refractivity contribution < 1.29 is 19.1 Å². The third kappa shape index (κ3) is 2.91. The van der Waals surface area contributed by atoms with Crippen LogP contribution in [0.25, 0.3) is 0 Å². The van der Waals surface area contributed by atoms with Crippen molar-refractivity contribution in [1.29, 1.82) is 0 Å². The molecule has 0 saturated carbocycles. The van der Waals surface area contributed by atoms with E-state index in [0.29, 0.717) is 36.1 Å². The van der Waals surface area contributed by atoms with Crippen molar-refractivity contribution in [3.63, 3.8) is 0 Å². The van der Waals surface area contributed by atoms with Crippen LogP contribution in [-0.2, 0) is 9.59 Å². The lowest BCUT2D eigenvalue weighted by atomic mass is 10.2. The summed E-state index contributed by atoms with van der Waals surface area (Å²) in [4.78, 5) is 27.2. The summed E-state index contributed by atoms with van der Waals surface area (Å²) in [6, 6.07) is 12.4. The maximum Gasteiger partial charge on any atom is 0.247 e. The van der Waals surface area contributed by atoms with Crippen LogP contribution < -0.4 is 20.1 Å².